The molecular weight excluding hydrogens is 409 g/mol. The van der Waals surface area contributed by atoms with Gasteiger partial charge in [-0.1, -0.05) is 18.2 Å². The van der Waals surface area contributed by atoms with Crippen LogP contribution >= 0.6 is 0 Å². The zero-order valence-corrected chi connectivity index (χ0v) is 16.4. The van der Waals surface area contributed by atoms with Crippen molar-refractivity contribution in [2.45, 2.75) is 6.18 Å². The van der Waals surface area contributed by atoms with Gasteiger partial charge in [-0.15, -0.1) is 0 Å². The summed E-state index contributed by atoms with van der Waals surface area (Å²) in [4.78, 5) is 23.8. The van der Waals surface area contributed by atoms with Gasteiger partial charge in [-0.05, 0) is 36.4 Å². The van der Waals surface area contributed by atoms with E-state index < -0.39 is 17.8 Å². The van der Waals surface area contributed by atoms with Gasteiger partial charge in [0.05, 0.1) is 11.3 Å². The van der Waals surface area contributed by atoms with Crippen molar-refractivity contribution in [1.82, 2.24) is 9.97 Å². The molecule has 0 radical (unpaired) electrons. The van der Waals surface area contributed by atoms with E-state index in [0.29, 0.717) is 24.5 Å². The minimum absolute atomic E-state index is 0.0189. The number of rotatable bonds is 4. The molecule has 0 saturated carbocycles. The molecule has 0 atom stereocenters. The van der Waals surface area contributed by atoms with Crippen LogP contribution in [-0.4, -0.2) is 47.2 Å². The lowest BCUT2D eigenvalue weighted by Crippen LogP contribution is -2.46. The first-order chi connectivity index (χ1) is 14.8. The lowest BCUT2D eigenvalue weighted by atomic mass is 10.1. The fourth-order valence-electron chi connectivity index (χ4n) is 3.49. The third-order valence-electron chi connectivity index (χ3n) is 5.13. The normalized spacial score (nSPS) is 14.5. The van der Waals surface area contributed by atoms with Crippen LogP contribution in [0.5, 0.6) is 0 Å². The number of nitrogens with zero attached hydrogens (tertiary/aromatic N) is 4. The monoisotopic (exact) mass is 428 g/mol. The maximum atomic E-state index is 12.8. The Balaban J connectivity index is 1.59. The van der Waals surface area contributed by atoms with Crippen LogP contribution in [0.2, 0.25) is 0 Å². The van der Waals surface area contributed by atoms with Crippen LogP contribution in [0.15, 0.2) is 60.8 Å². The Morgan fingerprint density at radius 1 is 0.935 bits per heavy atom. The molecule has 0 spiro atoms. The molecule has 31 heavy (non-hydrogen) atoms. The summed E-state index contributed by atoms with van der Waals surface area (Å²) in [5.74, 6) is -0.657. The summed E-state index contributed by atoms with van der Waals surface area (Å²) in [5, 5.41) is 9.50. The van der Waals surface area contributed by atoms with Crippen LogP contribution in [0, 0.1) is 0 Å². The molecule has 0 bridgehead atoms. The van der Waals surface area contributed by atoms with Crippen molar-refractivity contribution in [3.63, 3.8) is 0 Å². The lowest BCUT2D eigenvalue weighted by molar-refractivity contribution is -0.141. The molecule has 6 nitrogen and oxygen atoms in total. The van der Waals surface area contributed by atoms with Gasteiger partial charge in [0.1, 0.15) is 11.5 Å². The number of aromatic carboxylic acids is 1. The van der Waals surface area contributed by atoms with E-state index in [9.17, 15) is 23.1 Å². The van der Waals surface area contributed by atoms with E-state index in [1.54, 1.807) is 0 Å². The highest BCUT2D eigenvalue weighted by molar-refractivity contribution is 5.90. The second kappa shape index (κ2) is 8.25. The van der Waals surface area contributed by atoms with Crippen LogP contribution in [0.1, 0.15) is 16.1 Å². The third-order valence-corrected chi connectivity index (χ3v) is 5.13. The van der Waals surface area contributed by atoms with Gasteiger partial charge >= 0.3 is 12.1 Å². The number of benzene rings is 1. The average Bonchev–Trinajstić information content (AvgIpc) is 2.79. The van der Waals surface area contributed by atoms with Crippen LogP contribution in [-0.2, 0) is 6.18 Å². The van der Waals surface area contributed by atoms with Crippen molar-refractivity contribution in [2.24, 2.45) is 0 Å². The van der Waals surface area contributed by atoms with Gasteiger partial charge in [-0.2, -0.15) is 13.2 Å². The maximum absolute atomic E-state index is 12.8. The number of anilines is 2. The Bertz CT molecular complexity index is 1060. The second-order valence-corrected chi connectivity index (χ2v) is 7.14. The number of piperazine rings is 1. The van der Waals surface area contributed by atoms with Crippen molar-refractivity contribution in [3.8, 4) is 11.3 Å². The fourth-order valence-corrected chi connectivity index (χ4v) is 3.49. The van der Waals surface area contributed by atoms with Crippen LogP contribution in [0.25, 0.3) is 11.3 Å². The number of alkyl halides is 3. The predicted octanol–water partition coefficient (Wildman–Crippen LogP) is 4.19. The zero-order chi connectivity index (χ0) is 22.0. The molecule has 1 fully saturated rings. The number of pyridine rings is 2. The minimum Gasteiger partial charge on any atom is -0.478 e. The van der Waals surface area contributed by atoms with Crippen molar-refractivity contribution >= 4 is 17.5 Å². The maximum Gasteiger partial charge on any atom is 0.433 e. The first-order valence-electron chi connectivity index (χ1n) is 9.65. The SMILES string of the molecule is O=C(O)c1cc(-c2ccc(C(F)(F)F)nc2)nc(N2CCN(c3ccccc3)CC2)c1. The molecule has 160 valence electrons. The Morgan fingerprint density at radius 3 is 2.19 bits per heavy atom. The van der Waals surface area contributed by atoms with E-state index in [1.807, 2.05) is 35.2 Å². The Kier molecular flexibility index (Phi) is 5.50. The van der Waals surface area contributed by atoms with Gasteiger partial charge in [-0.3, -0.25) is 4.98 Å². The molecule has 0 amide bonds. The first kappa shape index (κ1) is 20.6. The number of carbonyl (C=O) groups is 1. The molecule has 3 aromatic rings. The largest absolute Gasteiger partial charge is 0.478 e. The third kappa shape index (κ3) is 4.60. The molecule has 4 rings (SSSR count). The van der Waals surface area contributed by atoms with E-state index >= 15 is 0 Å². The Labute approximate surface area is 176 Å². The summed E-state index contributed by atoms with van der Waals surface area (Å²) in [7, 11) is 0. The average molecular weight is 428 g/mol. The number of hydrogen-bond donors (Lipinski definition) is 1. The Hall–Kier alpha value is -3.62. The molecule has 3 heterocycles. The summed E-state index contributed by atoms with van der Waals surface area (Å²) in [6, 6.07) is 14.9. The quantitative estimate of drug-likeness (QED) is 0.672. The second-order valence-electron chi connectivity index (χ2n) is 7.14. The molecule has 1 N–H and O–H groups in total. The van der Waals surface area contributed by atoms with E-state index in [0.717, 1.165) is 31.0 Å². The summed E-state index contributed by atoms with van der Waals surface area (Å²) >= 11 is 0. The van der Waals surface area contributed by atoms with Gasteiger partial charge in [0.15, 0.2) is 0 Å². The highest BCUT2D eigenvalue weighted by atomic mass is 19.4. The topological polar surface area (TPSA) is 69.6 Å². The van der Waals surface area contributed by atoms with E-state index in [4.69, 9.17) is 0 Å². The molecule has 0 aliphatic carbocycles. The number of aromatic nitrogens is 2. The number of halogens is 3. The van der Waals surface area contributed by atoms with E-state index in [-0.39, 0.29) is 11.3 Å². The first-order valence-corrected chi connectivity index (χ1v) is 9.65. The molecule has 1 aromatic carbocycles. The van der Waals surface area contributed by atoms with E-state index in [2.05, 4.69) is 14.9 Å². The summed E-state index contributed by atoms with van der Waals surface area (Å²) in [6.07, 6.45) is -3.48. The number of carboxylic acids is 1. The molecule has 1 aliphatic rings. The van der Waals surface area contributed by atoms with Crippen molar-refractivity contribution in [2.75, 3.05) is 36.0 Å². The fraction of sp³-hybridized carbons (Fsp3) is 0.227. The van der Waals surface area contributed by atoms with Crippen molar-refractivity contribution in [1.29, 1.82) is 0 Å². The minimum atomic E-state index is -4.54. The molecule has 2 aromatic heterocycles. The standard InChI is InChI=1S/C22H19F3N4O2/c23-22(24,25)19-7-6-15(14-26-19)18-12-16(21(30)31)13-20(27-18)29-10-8-28(9-11-29)17-4-2-1-3-5-17/h1-7,12-14H,8-11H2,(H,30,31). The Morgan fingerprint density at radius 2 is 1.61 bits per heavy atom. The van der Waals surface area contributed by atoms with Crippen LogP contribution in [0.3, 0.4) is 0 Å². The number of para-hydroxylation sites is 1. The van der Waals surface area contributed by atoms with Gasteiger partial charge in [0.2, 0.25) is 0 Å². The molecule has 0 unspecified atom stereocenters. The van der Waals surface area contributed by atoms with Gasteiger partial charge in [0, 0.05) is 43.6 Å². The summed E-state index contributed by atoms with van der Waals surface area (Å²) < 4.78 is 38.4. The summed E-state index contributed by atoms with van der Waals surface area (Å²) in [6.45, 7) is 2.74. The molecular formula is C22H19F3N4O2. The molecule has 9 heteroatoms. The van der Waals surface area contributed by atoms with Gasteiger partial charge in [-0.25, -0.2) is 9.78 Å². The van der Waals surface area contributed by atoms with Crippen molar-refractivity contribution < 1.29 is 23.1 Å². The predicted molar refractivity (Wildman–Crippen MR) is 110 cm³/mol. The van der Waals surface area contributed by atoms with Crippen LogP contribution < -0.4 is 9.80 Å². The lowest BCUT2D eigenvalue weighted by Gasteiger charge is -2.37. The number of hydrogen-bond acceptors (Lipinski definition) is 5. The zero-order valence-electron chi connectivity index (χ0n) is 16.4. The highest BCUT2D eigenvalue weighted by Gasteiger charge is 2.32. The van der Waals surface area contributed by atoms with Gasteiger partial charge < -0.3 is 14.9 Å². The van der Waals surface area contributed by atoms with Gasteiger partial charge in [0.25, 0.3) is 0 Å². The van der Waals surface area contributed by atoms with Crippen molar-refractivity contribution in [3.05, 3.63) is 72.1 Å². The summed E-state index contributed by atoms with van der Waals surface area (Å²) in [5.41, 5.74) is 0.709. The highest BCUT2D eigenvalue weighted by Crippen LogP contribution is 2.30. The van der Waals surface area contributed by atoms with Crippen LogP contribution in [0.4, 0.5) is 24.7 Å². The smallest absolute Gasteiger partial charge is 0.433 e. The molecule has 1 aliphatic heterocycles. The molecule has 1 saturated heterocycles. The number of carboxylic acid groups (broad SMARTS) is 1. The van der Waals surface area contributed by atoms with E-state index in [1.165, 1.54) is 18.2 Å².